The first kappa shape index (κ1) is 13.7. The smallest absolute Gasteiger partial charge is 0.255 e. The van der Waals surface area contributed by atoms with Gasteiger partial charge in [-0.1, -0.05) is 11.6 Å². The number of nitrogens with two attached hydrogens (primary N) is 1. The van der Waals surface area contributed by atoms with Crippen LogP contribution in [0.2, 0.25) is 5.02 Å². The molecule has 3 N–H and O–H groups in total. The lowest BCUT2D eigenvalue weighted by Crippen LogP contribution is -2.29. The van der Waals surface area contributed by atoms with E-state index in [4.69, 9.17) is 22.4 Å². The predicted octanol–water partition coefficient (Wildman–Crippen LogP) is 1.16. The number of aromatic nitrogens is 1. The third kappa shape index (κ3) is 3.87. The second kappa shape index (κ2) is 5.84. The number of hydrogen-bond acceptors (Lipinski definition) is 4. The Bertz CT molecular complexity index is 410. The van der Waals surface area contributed by atoms with E-state index in [2.05, 4.69) is 4.98 Å². The summed E-state index contributed by atoms with van der Waals surface area (Å²) < 4.78 is 0. The van der Waals surface area contributed by atoms with E-state index in [1.54, 1.807) is 14.0 Å². The van der Waals surface area contributed by atoms with Gasteiger partial charge in [-0.05, 0) is 19.4 Å². The van der Waals surface area contributed by atoms with Gasteiger partial charge in [0, 0.05) is 19.8 Å². The van der Waals surface area contributed by atoms with Crippen molar-refractivity contribution in [2.45, 2.75) is 19.4 Å². The highest BCUT2D eigenvalue weighted by molar-refractivity contribution is 6.33. The van der Waals surface area contributed by atoms with Gasteiger partial charge in [0.1, 0.15) is 5.82 Å². The first-order chi connectivity index (χ1) is 7.91. The van der Waals surface area contributed by atoms with Gasteiger partial charge in [0.05, 0.1) is 16.7 Å². The zero-order valence-electron chi connectivity index (χ0n) is 9.85. The van der Waals surface area contributed by atoms with E-state index < -0.39 is 6.10 Å². The Labute approximate surface area is 105 Å². The number of aliphatic hydroxyl groups excluding tert-OH is 1. The number of hydrogen-bond donors (Lipinski definition) is 2. The minimum Gasteiger partial charge on any atom is -0.393 e. The maximum atomic E-state index is 11.9. The molecule has 1 unspecified atom stereocenters. The molecular weight excluding hydrogens is 242 g/mol. The summed E-state index contributed by atoms with van der Waals surface area (Å²) in [4.78, 5) is 17.3. The van der Waals surface area contributed by atoms with E-state index in [1.165, 1.54) is 17.2 Å². The lowest BCUT2D eigenvalue weighted by molar-refractivity contribution is 0.0768. The van der Waals surface area contributed by atoms with E-state index in [0.29, 0.717) is 18.5 Å². The van der Waals surface area contributed by atoms with Gasteiger partial charge < -0.3 is 15.7 Å². The molecule has 0 aliphatic carbocycles. The van der Waals surface area contributed by atoms with Gasteiger partial charge in [-0.3, -0.25) is 4.79 Å². The fourth-order valence-electron chi connectivity index (χ4n) is 1.27. The van der Waals surface area contributed by atoms with Gasteiger partial charge in [0.2, 0.25) is 0 Å². The average molecular weight is 258 g/mol. The Hall–Kier alpha value is -1.33. The topological polar surface area (TPSA) is 79.5 Å². The van der Waals surface area contributed by atoms with Gasteiger partial charge in [-0.25, -0.2) is 4.98 Å². The lowest BCUT2D eigenvalue weighted by atomic mass is 10.2. The number of carbonyl (C=O) groups is 1. The molecule has 94 valence electrons. The van der Waals surface area contributed by atoms with Gasteiger partial charge in [-0.2, -0.15) is 0 Å². The molecular formula is C11H16ClN3O2. The number of halogens is 1. The predicted molar refractivity (Wildman–Crippen MR) is 66.9 cm³/mol. The molecule has 6 heteroatoms. The molecule has 5 nitrogen and oxygen atoms in total. The maximum Gasteiger partial charge on any atom is 0.255 e. The van der Waals surface area contributed by atoms with Crippen molar-refractivity contribution in [3.8, 4) is 0 Å². The minimum absolute atomic E-state index is 0.194. The number of nitrogens with zero attached hydrogens (tertiary/aromatic N) is 2. The van der Waals surface area contributed by atoms with Crippen LogP contribution in [0.1, 0.15) is 23.7 Å². The fraction of sp³-hybridized carbons (Fsp3) is 0.455. The van der Waals surface area contributed by atoms with Crippen LogP contribution in [-0.2, 0) is 0 Å². The van der Waals surface area contributed by atoms with E-state index >= 15 is 0 Å². The van der Waals surface area contributed by atoms with Crippen LogP contribution in [0, 0.1) is 0 Å². The van der Waals surface area contributed by atoms with Crippen molar-refractivity contribution in [2.75, 3.05) is 19.3 Å². The fourth-order valence-corrected chi connectivity index (χ4v) is 1.43. The molecule has 1 aromatic rings. The van der Waals surface area contributed by atoms with Crippen LogP contribution in [0.5, 0.6) is 0 Å². The molecule has 17 heavy (non-hydrogen) atoms. The highest BCUT2D eigenvalue weighted by atomic mass is 35.5. The van der Waals surface area contributed by atoms with E-state index in [0.717, 1.165) is 0 Å². The summed E-state index contributed by atoms with van der Waals surface area (Å²) in [7, 11) is 1.66. The highest BCUT2D eigenvalue weighted by Crippen LogP contribution is 2.17. The maximum absolute atomic E-state index is 11.9. The summed E-state index contributed by atoms with van der Waals surface area (Å²) in [6, 6.07) is 1.49. The van der Waals surface area contributed by atoms with Crippen molar-refractivity contribution in [3.05, 3.63) is 22.8 Å². The molecule has 0 saturated heterocycles. The van der Waals surface area contributed by atoms with Gasteiger partial charge in [-0.15, -0.1) is 0 Å². The lowest BCUT2D eigenvalue weighted by Gasteiger charge is -2.18. The van der Waals surface area contributed by atoms with Crippen LogP contribution in [-0.4, -0.2) is 40.6 Å². The van der Waals surface area contributed by atoms with Crippen molar-refractivity contribution < 1.29 is 9.90 Å². The summed E-state index contributed by atoms with van der Waals surface area (Å²) in [6.45, 7) is 2.15. The standard InChI is InChI=1S/C11H16ClN3O2/c1-7(16)3-4-15(2)11(17)8-5-9(12)10(13)14-6-8/h5-7,16H,3-4H2,1-2H3,(H2,13,14). The molecule has 1 rings (SSSR count). The largest absolute Gasteiger partial charge is 0.393 e. The molecule has 0 aliphatic heterocycles. The van der Waals surface area contributed by atoms with Crippen LogP contribution < -0.4 is 5.73 Å². The normalized spacial score (nSPS) is 12.2. The summed E-state index contributed by atoms with van der Waals surface area (Å²) in [5, 5.41) is 9.41. The van der Waals surface area contributed by atoms with Crippen molar-refractivity contribution >= 4 is 23.3 Å². The molecule has 0 aromatic carbocycles. The van der Waals surface area contributed by atoms with Crippen LogP contribution in [0.25, 0.3) is 0 Å². The first-order valence-corrected chi connectivity index (χ1v) is 5.64. The first-order valence-electron chi connectivity index (χ1n) is 5.26. The summed E-state index contributed by atoms with van der Waals surface area (Å²) >= 11 is 5.79. The van der Waals surface area contributed by atoms with Crippen LogP contribution >= 0.6 is 11.6 Å². The molecule has 0 saturated carbocycles. The molecule has 1 atom stereocenters. The molecule has 1 amide bonds. The molecule has 0 bridgehead atoms. The summed E-state index contributed by atoms with van der Waals surface area (Å²) in [5.41, 5.74) is 5.85. The number of pyridine rings is 1. The zero-order chi connectivity index (χ0) is 13.0. The molecule has 0 spiro atoms. The van der Waals surface area contributed by atoms with Crippen molar-refractivity contribution in [1.82, 2.24) is 9.88 Å². The number of carbonyl (C=O) groups excluding carboxylic acids is 1. The number of aliphatic hydroxyl groups is 1. The Kier molecular flexibility index (Phi) is 4.72. The van der Waals surface area contributed by atoms with Gasteiger partial charge in [0.15, 0.2) is 0 Å². The van der Waals surface area contributed by atoms with Crippen LogP contribution in [0.15, 0.2) is 12.3 Å². The second-order valence-electron chi connectivity index (χ2n) is 3.96. The van der Waals surface area contributed by atoms with Gasteiger partial charge >= 0.3 is 0 Å². The van der Waals surface area contributed by atoms with E-state index in [9.17, 15) is 4.79 Å². The zero-order valence-corrected chi connectivity index (χ0v) is 10.6. The third-order valence-corrected chi connectivity index (χ3v) is 2.65. The highest BCUT2D eigenvalue weighted by Gasteiger charge is 2.13. The van der Waals surface area contributed by atoms with E-state index in [-0.39, 0.29) is 16.7 Å². The Morgan fingerprint density at radius 2 is 2.35 bits per heavy atom. The van der Waals surface area contributed by atoms with Gasteiger partial charge in [0.25, 0.3) is 5.91 Å². The number of anilines is 1. The van der Waals surface area contributed by atoms with Crippen molar-refractivity contribution in [3.63, 3.8) is 0 Å². The number of amides is 1. The number of rotatable bonds is 4. The Morgan fingerprint density at radius 3 is 2.88 bits per heavy atom. The molecule has 1 aromatic heterocycles. The number of nitrogen functional groups attached to an aromatic ring is 1. The Morgan fingerprint density at radius 1 is 1.71 bits per heavy atom. The summed E-state index contributed by atoms with van der Waals surface area (Å²) in [6.07, 6.45) is 1.49. The van der Waals surface area contributed by atoms with Crippen molar-refractivity contribution in [1.29, 1.82) is 0 Å². The minimum atomic E-state index is -0.432. The average Bonchev–Trinajstić information content (AvgIpc) is 2.28. The quantitative estimate of drug-likeness (QED) is 0.848. The van der Waals surface area contributed by atoms with Crippen molar-refractivity contribution in [2.24, 2.45) is 0 Å². The van der Waals surface area contributed by atoms with E-state index in [1.807, 2.05) is 0 Å². The third-order valence-electron chi connectivity index (χ3n) is 2.35. The molecule has 0 fully saturated rings. The monoisotopic (exact) mass is 257 g/mol. The molecule has 1 heterocycles. The van der Waals surface area contributed by atoms with Crippen LogP contribution in [0.4, 0.5) is 5.82 Å². The summed E-state index contributed by atoms with van der Waals surface area (Å²) in [5.74, 6) is 0.00917. The second-order valence-corrected chi connectivity index (χ2v) is 4.36. The molecule has 0 aliphatic rings. The SMILES string of the molecule is CC(O)CCN(C)C(=O)c1cnc(N)c(Cl)c1. The Balaban J connectivity index is 2.71. The van der Waals surface area contributed by atoms with Crippen LogP contribution in [0.3, 0.4) is 0 Å². The molecule has 0 radical (unpaired) electrons.